The number of rotatable bonds is 4. The summed E-state index contributed by atoms with van der Waals surface area (Å²) in [5.41, 5.74) is 3.02. The van der Waals surface area contributed by atoms with E-state index in [-0.39, 0.29) is 6.61 Å². The van der Waals surface area contributed by atoms with Crippen LogP contribution >= 0.6 is 11.6 Å². The Kier molecular flexibility index (Phi) is 4.69. The van der Waals surface area contributed by atoms with Crippen LogP contribution in [0.1, 0.15) is 49.3 Å². The number of halogens is 1. The van der Waals surface area contributed by atoms with Gasteiger partial charge in [-0.3, -0.25) is 0 Å². The quantitative estimate of drug-likeness (QED) is 0.589. The van der Waals surface area contributed by atoms with Gasteiger partial charge in [0, 0.05) is 22.2 Å². The second-order valence-corrected chi connectivity index (χ2v) is 7.26. The maximum Gasteiger partial charge on any atom is 0.138 e. The molecule has 4 rings (SSSR count). The van der Waals surface area contributed by atoms with Gasteiger partial charge in [0.15, 0.2) is 0 Å². The van der Waals surface area contributed by atoms with Crippen molar-refractivity contribution in [3.8, 4) is 11.5 Å². The van der Waals surface area contributed by atoms with Crippen LogP contribution in [0, 0.1) is 0 Å². The van der Waals surface area contributed by atoms with Gasteiger partial charge < -0.3 is 14.8 Å². The summed E-state index contributed by atoms with van der Waals surface area (Å²) in [6, 6.07) is 14.0. The molecule has 3 nitrogen and oxygen atoms in total. The standard InChI is InChI=1S/C21H22ClNO2/c22-16-10-20-19(12-17(13-24)23-20)21(11-16)25-18-8-6-15(7-9-18)14-4-2-1-3-5-14/h6-12,14,23-24H,1-5,13H2. The molecule has 3 aromatic rings. The van der Waals surface area contributed by atoms with Crippen molar-refractivity contribution >= 4 is 22.5 Å². The zero-order valence-corrected chi connectivity index (χ0v) is 14.9. The first-order valence-electron chi connectivity index (χ1n) is 8.93. The summed E-state index contributed by atoms with van der Waals surface area (Å²) in [6.07, 6.45) is 6.63. The molecule has 2 N–H and O–H groups in total. The SMILES string of the molecule is OCc1cc2c(Oc3ccc(C4CCCCC4)cc3)cc(Cl)cc2[nH]1. The van der Waals surface area contributed by atoms with Gasteiger partial charge in [-0.1, -0.05) is 43.0 Å². The maximum atomic E-state index is 9.34. The molecule has 0 unspecified atom stereocenters. The summed E-state index contributed by atoms with van der Waals surface area (Å²) in [4.78, 5) is 3.15. The van der Waals surface area contributed by atoms with Gasteiger partial charge in [-0.05, 0) is 48.6 Å². The molecule has 1 fully saturated rings. The molecule has 0 radical (unpaired) electrons. The number of ether oxygens (including phenoxy) is 1. The van der Waals surface area contributed by atoms with E-state index in [9.17, 15) is 5.11 Å². The van der Waals surface area contributed by atoms with Gasteiger partial charge in [-0.25, -0.2) is 0 Å². The molecular formula is C21H22ClNO2. The summed E-state index contributed by atoms with van der Waals surface area (Å²) in [5, 5.41) is 10.9. The van der Waals surface area contributed by atoms with E-state index in [1.807, 2.05) is 30.3 Å². The van der Waals surface area contributed by atoms with Gasteiger partial charge in [-0.15, -0.1) is 0 Å². The largest absolute Gasteiger partial charge is 0.457 e. The second-order valence-electron chi connectivity index (χ2n) is 6.82. The van der Waals surface area contributed by atoms with Crippen molar-refractivity contribution in [1.82, 2.24) is 4.98 Å². The number of hydrogen-bond donors (Lipinski definition) is 2. The lowest BCUT2D eigenvalue weighted by atomic mass is 9.84. The minimum atomic E-state index is -0.0399. The molecule has 0 bridgehead atoms. The number of aliphatic hydroxyl groups excluding tert-OH is 1. The topological polar surface area (TPSA) is 45.2 Å². The van der Waals surface area contributed by atoms with Crippen LogP contribution in [-0.4, -0.2) is 10.1 Å². The highest BCUT2D eigenvalue weighted by atomic mass is 35.5. The van der Waals surface area contributed by atoms with E-state index in [0.717, 1.165) is 22.3 Å². The molecule has 0 saturated heterocycles. The molecule has 130 valence electrons. The summed E-state index contributed by atoms with van der Waals surface area (Å²) < 4.78 is 6.09. The molecule has 1 aliphatic carbocycles. The van der Waals surface area contributed by atoms with Crippen molar-refractivity contribution in [2.45, 2.75) is 44.6 Å². The summed E-state index contributed by atoms with van der Waals surface area (Å²) >= 11 is 6.21. The molecular weight excluding hydrogens is 334 g/mol. The first-order chi connectivity index (χ1) is 12.2. The predicted molar refractivity (Wildman–Crippen MR) is 102 cm³/mol. The van der Waals surface area contributed by atoms with E-state index in [0.29, 0.717) is 16.7 Å². The highest BCUT2D eigenvalue weighted by molar-refractivity contribution is 6.31. The highest BCUT2D eigenvalue weighted by Crippen LogP contribution is 2.36. The summed E-state index contributed by atoms with van der Waals surface area (Å²) in [5.74, 6) is 2.19. The molecule has 0 spiro atoms. The molecule has 1 heterocycles. The monoisotopic (exact) mass is 355 g/mol. The summed E-state index contributed by atoms with van der Waals surface area (Å²) in [7, 11) is 0. The number of aromatic amines is 1. The Morgan fingerprint density at radius 2 is 1.80 bits per heavy atom. The molecule has 1 aliphatic rings. The van der Waals surface area contributed by atoms with Crippen molar-refractivity contribution in [2.24, 2.45) is 0 Å². The summed E-state index contributed by atoms with van der Waals surface area (Å²) in [6.45, 7) is -0.0399. The fourth-order valence-electron chi connectivity index (χ4n) is 3.77. The van der Waals surface area contributed by atoms with Crippen LogP contribution in [0.15, 0.2) is 42.5 Å². The molecule has 0 aliphatic heterocycles. The van der Waals surface area contributed by atoms with E-state index in [2.05, 4.69) is 17.1 Å². The van der Waals surface area contributed by atoms with Gasteiger partial charge in [0.25, 0.3) is 0 Å². The predicted octanol–water partition coefficient (Wildman–Crippen LogP) is 6.15. The molecule has 1 aromatic heterocycles. The van der Waals surface area contributed by atoms with Crippen LogP contribution in [-0.2, 0) is 6.61 Å². The van der Waals surface area contributed by atoms with E-state index in [1.165, 1.54) is 37.7 Å². The van der Waals surface area contributed by atoms with E-state index in [1.54, 1.807) is 0 Å². The lowest BCUT2D eigenvalue weighted by Gasteiger charge is -2.22. The zero-order valence-electron chi connectivity index (χ0n) is 14.1. The minimum absolute atomic E-state index is 0.0399. The number of nitrogens with one attached hydrogen (secondary N) is 1. The highest BCUT2D eigenvalue weighted by Gasteiger charge is 2.15. The Hall–Kier alpha value is -1.97. The number of aromatic nitrogens is 1. The molecule has 0 atom stereocenters. The normalized spacial score (nSPS) is 15.6. The van der Waals surface area contributed by atoms with Gasteiger partial charge in [-0.2, -0.15) is 0 Å². The molecule has 0 amide bonds. The van der Waals surface area contributed by atoms with Crippen molar-refractivity contribution in [1.29, 1.82) is 0 Å². The molecule has 25 heavy (non-hydrogen) atoms. The smallest absolute Gasteiger partial charge is 0.138 e. The lowest BCUT2D eigenvalue weighted by Crippen LogP contribution is -2.04. The van der Waals surface area contributed by atoms with Gasteiger partial charge in [0.1, 0.15) is 11.5 Å². The Balaban J connectivity index is 1.59. The first-order valence-corrected chi connectivity index (χ1v) is 9.30. The van der Waals surface area contributed by atoms with Crippen LogP contribution in [0.25, 0.3) is 10.9 Å². The zero-order chi connectivity index (χ0) is 17.2. The van der Waals surface area contributed by atoms with Crippen molar-refractivity contribution < 1.29 is 9.84 Å². The average molecular weight is 356 g/mol. The Morgan fingerprint density at radius 3 is 2.52 bits per heavy atom. The molecule has 4 heteroatoms. The van der Waals surface area contributed by atoms with Gasteiger partial charge >= 0.3 is 0 Å². The van der Waals surface area contributed by atoms with Crippen LogP contribution in [0.3, 0.4) is 0 Å². The third-order valence-corrected chi connectivity index (χ3v) is 5.29. The second kappa shape index (κ2) is 7.11. The third kappa shape index (κ3) is 3.53. The first kappa shape index (κ1) is 16.5. The minimum Gasteiger partial charge on any atom is -0.457 e. The number of hydrogen-bond acceptors (Lipinski definition) is 2. The van der Waals surface area contributed by atoms with E-state index < -0.39 is 0 Å². The van der Waals surface area contributed by atoms with Crippen LogP contribution in [0.5, 0.6) is 11.5 Å². The van der Waals surface area contributed by atoms with Gasteiger partial charge in [0.2, 0.25) is 0 Å². The van der Waals surface area contributed by atoms with Crippen molar-refractivity contribution in [3.05, 3.63) is 58.7 Å². The number of aliphatic hydroxyl groups is 1. The Morgan fingerprint density at radius 1 is 1.04 bits per heavy atom. The van der Waals surface area contributed by atoms with Crippen LogP contribution in [0.4, 0.5) is 0 Å². The number of benzene rings is 2. The lowest BCUT2D eigenvalue weighted by molar-refractivity contribution is 0.278. The fraction of sp³-hybridized carbons (Fsp3) is 0.333. The van der Waals surface area contributed by atoms with Crippen molar-refractivity contribution in [2.75, 3.05) is 0 Å². The fourth-order valence-corrected chi connectivity index (χ4v) is 3.98. The Labute approximate surface area is 152 Å². The number of fused-ring (bicyclic) bond motifs is 1. The number of H-pyrrole nitrogens is 1. The van der Waals surface area contributed by atoms with Gasteiger partial charge in [0.05, 0.1) is 12.1 Å². The van der Waals surface area contributed by atoms with E-state index >= 15 is 0 Å². The van der Waals surface area contributed by atoms with E-state index in [4.69, 9.17) is 16.3 Å². The molecule has 1 saturated carbocycles. The average Bonchev–Trinajstić information content (AvgIpc) is 3.06. The van der Waals surface area contributed by atoms with Crippen LogP contribution < -0.4 is 4.74 Å². The maximum absolute atomic E-state index is 9.34. The Bertz CT molecular complexity index is 863. The third-order valence-electron chi connectivity index (χ3n) is 5.08. The van der Waals surface area contributed by atoms with Crippen molar-refractivity contribution in [3.63, 3.8) is 0 Å². The molecule has 2 aromatic carbocycles. The van der Waals surface area contributed by atoms with Crippen LogP contribution in [0.2, 0.25) is 5.02 Å².